The maximum atomic E-state index is 9.02. The summed E-state index contributed by atoms with van der Waals surface area (Å²) >= 11 is 3.25. The molecule has 0 fully saturated rings. The normalized spacial score (nSPS) is 11.4. The van der Waals surface area contributed by atoms with Crippen LogP contribution in [0.3, 0.4) is 0 Å². The van der Waals surface area contributed by atoms with Crippen molar-refractivity contribution in [3.8, 4) is 17.9 Å². The van der Waals surface area contributed by atoms with Gasteiger partial charge >= 0.3 is 0 Å². The van der Waals surface area contributed by atoms with Crippen LogP contribution in [0.5, 0.6) is 0 Å². The monoisotopic (exact) mass is 291 g/mol. The second-order valence-corrected chi connectivity index (χ2v) is 4.56. The Bertz CT molecular complexity index is 410. The van der Waals surface area contributed by atoms with Crippen molar-refractivity contribution in [2.24, 2.45) is 0 Å². The molecule has 17 heavy (non-hydrogen) atoms. The molecule has 0 spiro atoms. The average Bonchev–Trinajstić information content (AvgIpc) is 2.31. The fourth-order valence-electron chi connectivity index (χ4n) is 1.14. The van der Waals surface area contributed by atoms with Crippen LogP contribution in [0.2, 0.25) is 0 Å². The number of hydrogen-bond acceptors (Lipinski definition) is 1. The number of unbranched alkanes of at least 4 members (excludes halogenated alkanes) is 2. The first kappa shape index (κ1) is 15.8. The predicted octanol–water partition coefficient (Wildman–Crippen LogP) is 4.87. The minimum atomic E-state index is 0.702. The number of halogens is 1. The highest BCUT2D eigenvalue weighted by Crippen LogP contribution is 2.11. The number of allylic oxidation sites excluding steroid dienone is 5. The summed E-state index contributed by atoms with van der Waals surface area (Å²) in [5, 5.41) is 9.02. The molecule has 0 aliphatic heterocycles. The Morgan fingerprint density at radius 1 is 1.35 bits per heavy atom. The molecule has 90 valence electrons. The third kappa shape index (κ3) is 7.61. The van der Waals surface area contributed by atoms with Crippen LogP contribution >= 0.6 is 15.9 Å². The summed E-state index contributed by atoms with van der Waals surface area (Å²) in [4.78, 5) is 0. The first-order valence-electron chi connectivity index (χ1n) is 5.80. The molecule has 0 aliphatic rings. The Labute approximate surface area is 113 Å². The van der Waals surface area contributed by atoms with Gasteiger partial charge in [-0.1, -0.05) is 54.6 Å². The number of nitrogens with zero attached hydrogens (tertiary/aromatic N) is 1. The molecule has 0 rings (SSSR count). The fourth-order valence-corrected chi connectivity index (χ4v) is 1.28. The van der Waals surface area contributed by atoms with Gasteiger partial charge in [0.1, 0.15) is 0 Å². The van der Waals surface area contributed by atoms with Crippen molar-refractivity contribution in [1.29, 1.82) is 5.26 Å². The van der Waals surface area contributed by atoms with E-state index in [2.05, 4.69) is 47.3 Å². The molecule has 0 bridgehead atoms. The van der Waals surface area contributed by atoms with Crippen LogP contribution in [0.15, 0.2) is 34.4 Å². The Kier molecular flexibility index (Phi) is 9.21. The average molecular weight is 292 g/mol. The molecule has 0 N–H and O–H groups in total. The van der Waals surface area contributed by atoms with Gasteiger partial charge in [0.05, 0.1) is 6.07 Å². The van der Waals surface area contributed by atoms with Crippen LogP contribution in [-0.4, -0.2) is 0 Å². The summed E-state index contributed by atoms with van der Waals surface area (Å²) in [6.07, 6.45) is 7.48. The molecule has 0 saturated heterocycles. The second-order valence-electron chi connectivity index (χ2n) is 3.54. The van der Waals surface area contributed by atoms with Gasteiger partial charge in [-0.25, -0.2) is 0 Å². The molecule has 0 aromatic rings. The van der Waals surface area contributed by atoms with Gasteiger partial charge in [-0.2, -0.15) is 5.26 Å². The van der Waals surface area contributed by atoms with E-state index in [-0.39, 0.29) is 0 Å². The minimum Gasteiger partial charge on any atom is -0.193 e. The lowest BCUT2D eigenvalue weighted by Crippen LogP contribution is -1.84. The molecule has 0 amide bonds. The van der Waals surface area contributed by atoms with Crippen molar-refractivity contribution in [2.45, 2.75) is 39.5 Å². The summed E-state index contributed by atoms with van der Waals surface area (Å²) in [5.74, 6) is 6.17. The molecule has 0 heterocycles. The van der Waals surface area contributed by atoms with Gasteiger partial charge in [-0.15, -0.1) is 0 Å². The predicted molar refractivity (Wildman–Crippen MR) is 77.4 cm³/mol. The van der Waals surface area contributed by atoms with Gasteiger partial charge in [0.15, 0.2) is 0 Å². The van der Waals surface area contributed by atoms with Gasteiger partial charge in [0.25, 0.3) is 0 Å². The minimum absolute atomic E-state index is 0.702. The van der Waals surface area contributed by atoms with Crippen LogP contribution in [-0.2, 0) is 0 Å². The molecular weight excluding hydrogens is 274 g/mol. The second kappa shape index (κ2) is 9.94. The van der Waals surface area contributed by atoms with E-state index in [4.69, 9.17) is 5.26 Å². The number of rotatable bonds is 5. The highest BCUT2D eigenvalue weighted by atomic mass is 79.9. The number of nitriles is 1. The maximum absolute atomic E-state index is 9.02. The van der Waals surface area contributed by atoms with E-state index in [1.807, 2.05) is 19.1 Å². The van der Waals surface area contributed by atoms with E-state index >= 15 is 0 Å². The first-order chi connectivity index (χ1) is 8.15. The number of hydrogen-bond donors (Lipinski definition) is 0. The molecule has 0 unspecified atom stereocenters. The molecule has 0 aromatic carbocycles. The largest absolute Gasteiger partial charge is 0.193 e. The van der Waals surface area contributed by atoms with E-state index in [0.717, 1.165) is 34.9 Å². The Morgan fingerprint density at radius 2 is 2.06 bits per heavy atom. The quantitative estimate of drug-likeness (QED) is 0.307. The van der Waals surface area contributed by atoms with Gasteiger partial charge in [0.2, 0.25) is 0 Å². The van der Waals surface area contributed by atoms with Crippen molar-refractivity contribution in [3.63, 3.8) is 0 Å². The zero-order chi connectivity index (χ0) is 13.1. The van der Waals surface area contributed by atoms with Gasteiger partial charge in [-0.05, 0) is 25.0 Å². The Balaban J connectivity index is 4.98. The lowest BCUT2D eigenvalue weighted by atomic mass is 10.1. The lowest BCUT2D eigenvalue weighted by Gasteiger charge is -1.96. The summed E-state index contributed by atoms with van der Waals surface area (Å²) < 4.78 is 0.777. The van der Waals surface area contributed by atoms with Crippen molar-refractivity contribution in [2.75, 3.05) is 0 Å². The van der Waals surface area contributed by atoms with Crippen molar-refractivity contribution >= 4 is 15.9 Å². The van der Waals surface area contributed by atoms with Crippen molar-refractivity contribution in [3.05, 3.63) is 34.4 Å². The smallest absolute Gasteiger partial charge is 0.0960 e. The van der Waals surface area contributed by atoms with Crippen LogP contribution < -0.4 is 0 Å². The van der Waals surface area contributed by atoms with E-state index in [0.29, 0.717) is 6.42 Å². The third-order valence-corrected chi connectivity index (χ3v) is 2.39. The van der Waals surface area contributed by atoms with Crippen molar-refractivity contribution in [1.82, 2.24) is 0 Å². The van der Waals surface area contributed by atoms with Crippen molar-refractivity contribution < 1.29 is 0 Å². The summed E-state index contributed by atoms with van der Waals surface area (Å²) in [7, 11) is 0. The lowest BCUT2D eigenvalue weighted by molar-refractivity contribution is 0.828. The highest BCUT2D eigenvalue weighted by molar-refractivity contribution is 9.11. The standard InChI is InChI=1S/C15H18BrN/c1-4-6-7-8-9-15(11-10-13(3)16)14(5-2)12-17/h10-11H,3-7H2,1-2H3/b11-10-,15-14+. The molecule has 2 heteroatoms. The first-order valence-corrected chi connectivity index (χ1v) is 6.59. The zero-order valence-electron chi connectivity index (χ0n) is 10.5. The van der Waals surface area contributed by atoms with E-state index in [1.54, 1.807) is 0 Å². The van der Waals surface area contributed by atoms with Gasteiger partial charge in [-0.3, -0.25) is 0 Å². The third-order valence-electron chi connectivity index (χ3n) is 2.12. The molecule has 0 aliphatic carbocycles. The summed E-state index contributed by atoms with van der Waals surface area (Å²) in [6, 6.07) is 2.20. The van der Waals surface area contributed by atoms with Gasteiger partial charge < -0.3 is 0 Å². The highest BCUT2D eigenvalue weighted by Gasteiger charge is 1.98. The Hall–Kier alpha value is -1.25. The maximum Gasteiger partial charge on any atom is 0.0960 e. The summed E-state index contributed by atoms with van der Waals surface area (Å²) in [6.45, 7) is 7.82. The fraction of sp³-hybridized carbons (Fsp3) is 0.400. The molecule has 0 aromatic heterocycles. The Morgan fingerprint density at radius 3 is 2.53 bits per heavy atom. The molecule has 0 radical (unpaired) electrons. The zero-order valence-corrected chi connectivity index (χ0v) is 12.1. The van der Waals surface area contributed by atoms with E-state index < -0.39 is 0 Å². The van der Waals surface area contributed by atoms with E-state index in [1.165, 1.54) is 0 Å². The molecule has 0 saturated carbocycles. The van der Waals surface area contributed by atoms with Crippen LogP contribution in [0.1, 0.15) is 39.5 Å². The molecular formula is C15H18BrN. The van der Waals surface area contributed by atoms with E-state index in [9.17, 15) is 0 Å². The SMILES string of the molecule is C=C(Br)/C=C\C(C#CCCCC)=C(\C#N)CC. The van der Waals surface area contributed by atoms with Crippen LogP contribution in [0.4, 0.5) is 0 Å². The van der Waals surface area contributed by atoms with Crippen LogP contribution in [0, 0.1) is 23.2 Å². The molecule has 1 nitrogen and oxygen atoms in total. The molecule has 0 atom stereocenters. The summed E-state index contributed by atoms with van der Waals surface area (Å²) in [5.41, 5.74) is 1.52. The van der Waals surface area contributed by atoms with Gasteiger partial charge in [0, 0.05) is 22.0 Å². The topological polar surface area (TPSA) is 23.8 Å². The van der Waals surface area contributed by atoms with Crippen LogP contribution in [0.25, 0.3) is 0 Å².